The fourth-order valence-electron chi connectivity index (χ4n) is 3.71. The summed E-state index contributed by atoms with van der Waals surface area (Å²) in [4.78, 5) is 17.8. The zero-order chi connectivity index (χ0) is 19.4. The lowest BCUT2D eigenvalue weighted by atomic mass is 10.1. The lowest BCUT2D eigenvalue weighted by Gasteiger charge is -2.31. The smallest absolute Gasteiger partial charge is 0.253 e. The van der Waals surface area contributed by atoms with E-state index in [2.05, 4.69) is 15.2 Å². The van der Waals surface area contributed by atoms with E-state index in [1.165, 1.54) is 12.8 Å². The van der Waals surface area contributed by atoms with Crippen molar-refractivity contribution in [3.05, 3.63) is 34.1 Å². The first-order chi connectivity index (χ1) is 13.1. The van der Waals surface area contributed by atoms with E-state index in [9.17, 15) is 4.79 Å². The molecule has 0 amide bonds. The number of methoxy groups -OCH3 is 2. The van der Waals surface area contributed by atoms with Crippen molar-refractivity contribution in [2.24, 2.45) is 0 Å². The molecule has 146 valence electrons. The molecule has 1 saturated carbocycles. The molecule has 1 aliphatic rings. The Bertz CT molecular complexity index is 875. The minimum atomic E-state index is -0.1000. The molecule has 0 spiro atoms. The van der Waals surface area contributed by atoms with Crippen LogP contribution >= 0.6 is 12.2 Å². The van der Waals surface area contributed by atoms with Crippen LogP contribution in [0.4, 0.5) is 0 Å². The molecule has 0 bridgehead atoms. The Kier molecular flexibility index (Phi) is 6.21. The van der Waals surface area contributed by atoms with Crippen LogP contribution in [0.5, 0.6) is 11.5 Å². The number of pyridine rings is 1. The van der Waals surface area contributed by atoms with Crippen molar-refractivity contribution in [2.75, 3.05) is 20.8 Å². The first-order valence-electron chi connectivity index (χ1n) is 9.39. The highest BCUT2D eigenvalue weighted by Gasteiger charge is 2.25. The molecular weight excluding hydrogens is 362 g/mol. The fourth-order valence-corrected chi connectivity index (χ4v) is 4.07. The maximum Gasteiger partial charge on any atom is 0.253 e. The second-order valence-corrected chi connectivity index (χ2v) is 7.21. The average Bonchev–Trinajstić information content (AvgIpc) is 3.19. The standard InChI is InChI=1S/C20H27N3O3S/c1-4-21-20(27)23(15-7-5-6-8-15)12-14-9-13-10-17(25-2)18(26-3)11-16(13)22-19(14)24/h9-11,15H,4-8,12H2,1-3H3,(H,21,27)(H,22,24). The third-order valence-corrected chi connectivity index (χ3v) is 5.50. The lowest BCUT2D eigenvalue weighted by molar-refractivity contribution is 0.303. The van der Waals surface area contributed by atoms with Gasteiger partial charge in [0.15, 0.2) is 16.6 Å². The summed E-state index contributed by atoms with van der Waals surface area (Å²) in [6, 6.07) is 5.98. The SMILES string of the molecule is CCNC(=S)N(Cc1cc2cc(OC)c(OC)cc2[nH]c1=O)C1CCCC1. The Morgan fingerprint density at radius 1 is 1.22 bits per heavy atom. The number of ether oxygens (including phenoxy) is 2. The quantitative estimate of drug-likeness (QED) is 0.740. The van der Waals surface area contributed by atoms with Crippen LogP contribution in [0.3, 0.4) is 0 Å². The molecule has 0 saturated heterocycles. The molecule has 1 fully saturated rings. The van der Waals surface area contributed by atoms with Crippen molar-refractivity contribution in [3.63, 3.8) is 0 Å². The van der Waals surface area contributed by atoms with Crippen molar-refractivity contribution in [2.45, 2.75) is 45.2 Å². The van der Waals surface area contributed by atoms with E-state index in [1.54, 1.807) is 20.3 Å². The highest BCUT2D eigenvalue weighted by molar-refractivity contribution is 7.80. The van der Waals surface area contributed by atoms with Gasteiger partial charge in [0.25, 0.3) is 5.56 Å². The van der Waals surface area contributed by atoms with Crippen LogP contribution in [-0.4, -0.2) is 41.8 Å². The molecule has 0 unspecified atom stereocenters. The van der Waals surface area contributed by atoms with Crippen LogP contribution in [0.1, 0.15) is 38.2 Å². The second-order valence-electron chi connectivity index (χ2n) is 6.82. The van der Waals surface area contributed by atoms with E-state index in [0.717, 1.165) is 35.4 Å². The molecule has 0 aliphatic heterocycles. The highest BCUT2D eigenvalue weighted by Crippen LogP contribution is 2.31. The molecule has 7 heteroatoms. The summed E-state index contributed by atoms with van der Waals surface area (Å²) in [6.45, 7) is 3.30. The summed E-state index contributed by atoms with van der Waals surface area (Å²) in [5, 5.41) is 4.87. The number of fused-ring (bicyclic) bond motifs is 1. The molecule has 2 N–H and O–H groups in total. The Hall–Kier alpha value is -2.28. The van der Waals surface area contributed by atoms with Gasteiger partial charge in [0.05, 0.1) is 26.3 Å². The number of hydrogen-bond acceptors (Lipinski definition) is 4. The summed E-state index contributed by atoms with van der Waals surface area (Å²) in [5.41, 5.74) is 1.32. The molecule has 27 heavy (non-hydrogen) atoms. The van der Waals surface area contributed by atoms with Gasteiger partial charge in [-0.15, -0.1) is 0 Å². The molecule has 1 aromatic carbocycles. The molecule has 2 aromatic rings. The summed E-state index contributed by atoms with van der Waals surface area (Å²) in [7, 11) is 3.18. The number of nitrogens with zero attached hydrogens (tertiary/aromatic N) is 1. The maximum absolute atomic E-state index is 12.7. The first-order valence-corrected chi connectivity index (χ1v) is 9.80. The van der Waals surface area contributed by atoms with Gasteiger partial charge in [-0.3, -0.25) is 4.79 Å². The number of nitrogens with one attached hydrogen (secondary N) is 2. The third kappa shape index (κ3) is 4.18. The van der Waals surface area contributed by atoms with Gasteiger partial charge in [0.1, 0.15) is 0 Å². The number of aromatic nitrogens is 1. The normalized spacial score (nSPS) is 14.3. The third-order valence-electron chi connectivity index (χ3n) is 5.12. The number of thiocarbonyl (C=S) groups is 1. The van der Waals surface area contributed by atoms with E-state index in [-0.39, 0.29) is 5.56 Å². The predicted octanol–water partition coefficient (Wildman–Crippen LogP) is 3.18. The lowest BCUT2D eigenvalue weighted by Crippen LogP contribution is -2.45. The highest BCUT2D eigenvalue weighted by atomic mass is 32.1. The monoisotopic (exact) mass is 389 g/mol. The predicted molar refractivity (Wildman–Crippen MR) is 112 cm³/mol. The summed E-state index contributed by atoms with van der Waals surface area (Å²) < 4.78 is 10.7. The first kappa shape index (κ1) is 19.5. The molecule has 1 heterocycles. The zero-order valence-corrected chi connectivity index (χ0v) is 16.9. The van der Waals surface area contributed by atoms with Crippen molar-refractivity contribution >= 4 is 28.2 Å². The number of benzene rings is 1. The van der Waals surface area contributed by atoms with E-state index >= 15 is 0 Å². The van der Waals surface area contributed by atoms with E-state index < -0.39 is 0 Å². The van der Waals surface area contributed by atoms with Crippen LogP contribution in [-0.2, 0) is 6.54 Å². The van der Waals surface area contributed by atoms with Gasteiger partial charge in [-0.1, -0.05) is 12.8 Å². The summed E-state index contributed by atoms with van der Waals surface area (Å²) in [6.07, 6.45) is 4.64. The largest absolute Gasteiger partial charge is 0.493 e. The van der Waals surface area contributed by atoms with Gasteiger partial charge in [-0.05, 0) is 44.1 Å². The van der Waals surface area contributed by atoms with Gasteiger partial charge in [0.2, 0.25) is 0 Å². The Morgan fingerprint density at radius 3 is 2.52 bits per heavy atom. The topological polar surface area (TPSA) is 66.6 Å². The van der Waals surface area contributed by atoms with Gasteiger partial charge >= 0.3 is 0 Å². The minimum absolute atomic E-state index is 0.1000. The van der Waals surface area contributed by atoms with E-state index in [0.29, 0.717) is 29.6 Å². The van der Waals surface area contributed by atoms with Crippen LogP contribution in [0, 0.1) is 0 Å². The minimum Gasteiger partial charge on any atom is -0.493 e. The van der Waals surface area contributed by atoms with E-state index in [4.69, 9.17) is 21.7 Å². The molecule has 0 atom stereocenters. The molecule has 1 aliphatic carbocycles. The molecule has 0 radical (unpaired) electrons. The number of H-pyrrole nitrogens is 1. The van der Waals surface area contributed by atoms with Gasteiger partial charge in [0, 0.05) is 29.6 Å². The van der Waals surface area contributed by atoms with Crippen LogP contribution in [0.2, 0.25) is 0 Å². The summed E-state index contributed by atoms with van der Waals surface area (Å²) in [5.74, 6) is 1.23. The maximum atomic E-state index is 12.7. The Balaban J connectivity index is 1.97. The van der Waals surface area contributed by atoms with Crippen molar-refractivity contribution in [1.82, 2.24) is 15.2 Å². The van der Waals surface area contributed by atoms with Gasteiger partial charge < -0.3 is 24.7 Å². The van der Waals surface area contributed by atoms with Crippen molar-refractivity contribution < 1.29 is 9.47 Å². The van der Waals surface area contributed by atoms with Crippen LogP contribution in [0.25, 0.3) is 10.9 Å². The van der Waals surface area contributed by atoms with Crippen molar-refractivity contribution in [1.29, 1.82) is 0 Å². The van der Waals surface area contributed by atoms with Gasteiger partial charge in [-0.2, -0.15) is 0 Å². The Labute approximate surface area is 164 Å². The van der Waals surface area contributed by atoms with Crippen LogP contribution < -0.4 is 20.3 Å². The number of rotatable bonds is 6. The molecular formula is C20H27N3O3S. The van der Waals surface area contributed by atoms with Crippen LogP contribution in [0.15, 0.2) is 23.0 Å². The Morgan fingerprint density at radius 2 is 1.89 bits per heavy atom. The molecule has 6 nitrogen and oxygen atoms in total. The number of aromatic amines is 1. The molecule has 1 aromatic heterocycles. The van der Waals surface area contributed by atoms with E-state index in [1.807, 2.05) is 19.1 Å². The van der Waals surface area contributed by atoms with Gasteiger partial charge in [-0.25, -0.2) is 0 Å². The zero-order valence-electron chi connectivity index (χ0n) is 16.1. The van der Waals surface area contributed by atoms with Crippen molar-refractivity contribution in [3.8, 4) is 11.5 Å². The second kappa shape index (κ2) is 8.61. The fraction of sp³-hybridized carbons (Fsp3) is 0.500. The number of hydrogen-bond donors (Lipinski definition) is 2. The average molecular weight is 390 g/mol. The summed E-state index contributed by atoms with van der Waals surface area (Å²) >= 11 is 5.59. The molecule has 3 rings (SSSR count).